The lowest BCUT2D eigenvalue weighted by atomic mass is 9.78. The number of aliphatic imine (C=N–C) groups is 1. The van der Waals surface area contributed by atoms with Gasteiger partial charge in [-0.2, -0.15) is 0 Å². The van der Waals surface area contributed by atoms with Gasteiger partial charge < -0.3 is 20.7 Å². The molecule has 6 nitrogen and oxygen atoms in total. The fraction of sp³-hybridized carbons (Fsp3) is 0.882. The number of hydrogen-bond acceptors (Lipinski definition) is 3. The Hall–Kier alpha value is -1.30. The molecule has 0 bridgehead atoms. The minimum Gasteiger partial charge on any atom is -0.383 e. The van der Waals surface area contributed by atoms with Crippen LogP contribution in [-0.4, -0.2) is 52.3 Å². The van der Waals surface area contributed by atoms with E-state index in [0.29, 0.717) is 30.4 Å². The molecular weight excluding hydrogens is 292 g/mol. The first-order valence-electron chi connectivity index (χ1n) is 8.71. The molecule has 0 aliphatic heterocycles. The molecule has 0 aromatic heterocycles. The third-order valence-electron chi connectivity index (χ3n) is 4.40. The monoisotopic (exact) mass is 326 g/mol. The lowest BCUT2D eigenvalue weighted by Crippen LogP contribution is -2.46. The van der Waals surface area contributed by atoms with Crippen molar-refractivity contribution in [1.29, 1.82) is 0 Å². The predicted molar refractivity (Wildman–Crippen MR) is 94.6 cm³/mol. The topological polar surface area (TPSA) is 74.8 Å². The van der Waals surface area contributed by atoms with Gasteiger partial charge in [-0.05, 0) is 30.6 Å². The summed E-state index contributed by atoms with van der Waals surface area (Å²) < 4.78 is 4.91. The first-order chi connectivity index (χ1) is 11.0. The number of carbonyl (C=O) groups is 1. The van der Waals surface area contributed by atoms with Crippen LogP contribution in [0.2, 0.25) is 0 Å². The highest BCUT2D eigenvalue weighted by molar-refractivity contribution is 5.86. The standard InChI is InChI=1S/C17H34N4O2/c1-14(2)11-17(7-5-6-8-17)13-21-16(18-3)20-12-15(22)19-9-10-23-4/h14H,5-13H2,1-4H3,(H,19,22)(H2,18,20,21). The van der Waals surface area contributed by atoms with Gasteiger partial charge in [0.05, 0.1) is 13.2 Å². The fourth-order valence-corrected chi connectivity index (χ4v) is 3.45. The Labute approximate surface area is 140 Å². The summed E-state index contributed by atoms with van der Waals surface area (Å²) >= 11 is 0. The van der Waals surface area contributed by atoms with Gasteiger partial charge in [-0.15, -0.1) is 0 Å². The smallest absolute Gasteiger partial charge is 0.239 e. The van der Waals surface area contributed by atoms with Gasteiger partial charge in [-0.25, -0.2) is 0 Å². The van der Waals surface area contributed by atoms with Crippen molar-refractivity contribution in [3.05, 3.63) is 0 Å². The van der Waals surface area contributed by atoms with Gasteiger partial charge in [0.25, 0.3) is 0 Å². The highest BCUT2D eigenvalue weighted by Gasteiger charge is 2.34. The van der Waals surface area contributed by atoms with Gasteiger partial charge in [-0.1, -0.05) is 26.7 Å². The molecule has 0 aromatic rings. The molecule has 0 heterocycles. The number of rotatable bonds is 9. The van der Waals surface area contributed by atoms with E-state index in [0.717, 1.165) is 6.54 Å². The Morgan fingerprint density at radius 2 is 1.91 bits per heavy atom. The summed E-state index contributed by atoms with van der Waals surface area (Å²) in [5.74, 6) is 1.35. The van der Waals surface area contributed by atoms with E-state index in [1.54, 1.807) is 14.2 Å². The number of hydrogen-bond donors (Lipinski definition) is 3. The molecule has 3 N–H and O–H groups in total. The molecule has 1 rings (SSSR count). The van der Waals surface area contributed by atoms with E-state index in [4.69, 9.17) is 4.74 Å². The van der Waals surface area contributed by atoms with E-state index >= 15 is 0 Å². The number of nitrogens with zero attached hydrogens (tertiary/aromatic N) is 1. The van der Waals surface area contributed by atoms with Crippen molar-refractivity contribution < 1.29 is 9.53 Å². The van der Waals surface area contributed by atoms with E-state index < -0.39 is 0 Å². The molecule has 23 heavy (non-hydrogen) atoms. The number of ether oxygens (including phenoxy) is 1. The summed E-state index contributed by atoms with van der Waals surface area (Å²) in [6.07, 6.45) is 6.46. The second-order valence-electron chi connectivity index (χ2n) is 6.93. The Morgan fingerprint density at radius 3 is 2.48 bits per heavy atom. The van der Waals surface area contributed by atoms with E-state index in [-0.39, 0.29) is 12.5 Å². The van der Waals surface area contributed by atoms with Crippen molar-refractivity contribution in [3.63, 3.8) is 0 Å². The van der Waals surface area contributed by atoms with Crippen molar-refractivity contribution >= 4 is 11.9 Å². The molecule has 1 aliphatic rings. The Balaban J connectivity index is 2.36. The zero-order chi connectivity index (χ0) is 17.1. The summed E-state index contributed by atoms with van der Waals surface area (Å²) in [7, 11) is 3.36. The molecule has 0 atom stereocenters. The maximum atomic E-state index is 11.7. The molecule has 134 valence electrons. The van der Waals surface area contributed by atoms with Crippen molar-refractivity contribution in [2.75, 3.05) is 40.4 Å². The molecule has 0 spiro atoms. The average Bonchev–Trinajstić information content (AvgIpc) is 2.95. The number of nitrogens with one attached hydrogen (secondary N) is 3. The largest absolute Gasteiger partial charge is 0.383 e. The van der Waals surface area contributed by atoms with Crippen LogP contribution in [0.25, 0.3) is 0 Å². The fourth-order valence-electron chi connectivity index (χ4n) is 3.45. The second-order valence-corrected chi connectivity index (χ2v) is 6.93. The van der Waals surface area contributed by atoms with E-state index in [1.165, 1.54) is 32.1 Å². The summed E-state index contributed by atoms with van der Waals surface area (Å²) in [6.45, 7) is 6.78. The quantitative estimate of drug-likeness (QED) is 0.341. The van der Waals surface area contributed by atoms with E-state index in [9.17, 15) is 4.79 Å². The molecule has 1 amide bonds. The maximum absolute atomic E-state index is 11.7. The van der Waals surface area contributed by atoms with E-state index in [1.807, 2.05) is 0 Å². The van der Waals surface area contributed by atoms with Crippen LogP contribution in [0, 0.1) is 11.3 Å². The van der Waals surface area contributed by atoms with Crippen molar-refractivity contribution in [2.45, 2.75) is 46.0 Å². The minimum absolute atomic E-state index is 0.0530. The normalized spacial score (nSPS) is 17.3. The molecule has 1 fully saturated rings. The van der Waals surface area contributed by atoms with Gasteiger partial charge in [0.15, 0.2) is 5.96 Å². The number of amides is 1. The van der Waals surface area contributed by atoms with Crippen molar-refractivity contribution in [1.82, 2.24) is 16.0 Å². The minimum atomic E-state index is -0.0530. The summed E-state index contributed by atoms with van der Waals surface area (Å²) in [5.41, 5.74) is 0.381. The predicted octanol–water partition coefficient (Wildman–Crippen LogP) is 1.52. The Kier molecular flexibility index (Phi) is 8.99. The van der Waals surface area contributed by atoms with Crippen molar-refractivity contribution in [2.24, 2.45) is 16.3 Å². The molecule has 0 radical (unpaired) electrons. The SMILES string of the molecule is CN=C(NCC(=O)NCCOC)NCC1(CC(C)C)CCCC1. The van der Waals surface area contributed by atoms with Crippen LogP contribution >= 0.6 is 0 Å². The van der Waals surface area contributed by atoms with Crippen LogP contribution in [0.3, 0.4) is 0 Å². The zero-order valence-electron chi connectivity index (χ0n) is 15.2. The summed E-state index contributed by atoms with van der Waals surface area (Å²) in [5, 5.41) is 9.28. The first-order valence-corrected chi connectivity index (χ1v) is 8.71. The van der Waals surface area contributed by atoms with Crippen LogP contribution in [0.4, 0.5) is 0 Å². The second kappa shape index (κ2) is 10.5. The Bertz CT molecular complexity index is 377. The third-order valence-corrected chi connectivity index (χ3v) is 4.40. The number of guanidine groups is 1. The average molecular weight is 326 g/mol. The molecule has 0 unspecified atom stereocenters. The third kappa shape index (κ3) is 7.68. The van der Waals surface area contributed by atoms with Crippen LogP contribution in [0.15, 0.2) is 4.99 Å². The van der Waals surface area contributed by atoms with Crippen LogP contribution in [0.1, 0.15) is 46.0 Å². The summed E-state index contributed by atoms with van der Waals surface area (Å²) in [6, 6.07) is 0. The van der Waals surface area contributed by atoms with Crippen LogP contribution < -0.4 is 16.0 Å². The van der Waals surface area contributed by atoms with Gasteiger partial charge >= 0.3 is 0 Å². The van der Waals surface area contributed by atoms with Gasteiger partial charge in [0.1, 0.15) is 0 Å². The zero-order valence-corrected chi connectivity index (χ0v) is 15.2. The number of carbonyl (C=O) groups excluding carboxylic acids is 1. The van der Waals surface area contributed by atoms with Crippen molar-refractivity contribution in [3.8, 4) is 0 Å². The molecule has 6 heteroatoms. The van der Waals surface area contributed by atoms with Crippen LogP contribution in [0.5, 0.6) is 0 Å². The molecule has 0 aromatic carbocycles. The molecule has 1 saturated carbocycles. The van der Waals surface area contributed by atoms with Gasteiger partial charge in [-0.3, -0.25) is 9.79 Å². The van der Waals surface area contributed by atoms with Gasteiger partial charge in [0, 0.05) is 27.2 Å². The molecular formula is C17H34N4O2. The van der Waals surface area contributed by atoms with E-state index in [2.05, 4.69) is 34.8 Å². The van der Waals surface area contributed by atoms with Gasteiger partial charge in [0.2, 0.25) is 5.91 Å². The molecule has 0 saturated heterocycles. The highest BCUT2D eigenvalue weighted by atomic mass is 16.5. The molecule has 1 aliphatic carbocycles. The van der Waals surface area contributed by atoms with Crippen LogP contribution in [-0.2, 0) is 9.53 Å². The Morgan fingerprint density at radius 1 is 1.22 bits per heavy atom. The lowest BCUT2D eigenvalue weighted by molar-refractivity contribution is -0.120. The lowest BCUT2D eigenvalue weighted by Gasteiger charge is -2.31. The number of methoxy groups -OCH3 is 1. The highest BCUT2D eigenvalue weighted by Crippen LogP contribution is 2.42. The first kappa shape index (κ1) is 19.7. The summed E-state index contributed by atoms with van der Waals surface area (Å²) in [4.78, 5) is 15.9. The maximum Gasteiger partial charge on any atom is 0.239 e.